The van der Waals surface area contributed by atoms with Gasteiger partial charge in [-0.2, -0.15) is 5.10 Å². The fourth-order valence-electron chi connectivity index (χ4n) is 2.65. The summed E-state index contributed by atoms with van der Waals surface area (Å²) in [6, 6.07) is 3.45. The van der Waals surface area contributed by atoms with E-state index >= 15 is 0 Å². The van der Waals surface area contributed by atoms with E-state index < -0.39 is 6.04 Å². The fraction of sp³-hybridized carbons (Fsp3) is 0.312. The van der Waals surface area contributed by atoms with Crippen molar-refractivity contribution in [3.8, 4) is 11.8 Å². The van der Waals surface area contributed by atoms with E-state index in [-0.39, 0.29) is 11.8 Å². The number of hydrogen-bond acceptors (Lipinski definition) is 4. The van der Waals surface area contributed by atoms with E-state index in [4.69, 9.17) is 5.73 Å². The Morgan fingerprint density at radius 1 is 1.45 bits per heavy atom. The number of aryl methyl sites for hydroxylation is 1. The largest absolute Gasteiger partial charge is 0.320 e. The van der Waals surface area contributed by atoms with Gasteiger partial charge in [0, 0.05) is 17.4 Å². The lowest BCUT2D eigenvalue weighted by Gasteiger charge is -2.21. The molecule has 3 N–H and O–H groups in total. The molecule has 0 aliphatic carbocycles. The molecule has 0 saturated carbocycles. The van der Waals surface area contributed by atoms with Crippen molar-refractivity contribution < 1.29 is 9.59 Å². The lowest BCUT2D eigenvalue weighted by atomic mass is 10.0. The summed E-state index contributed by atoms with van der Waals surface area (Å²) in [5, 5.41) is 7.63. The first kappa shape index (κ1) is 14.3. The highest BCUT2D eigenvalue weighted by molar-refractivity contribution is 6.00. The van der Waals surface area contributed by atoms with E-state index in [1.807, 2.05) is 19.1 Å². The van der Waals surface area contributed by atoms with Gasteiger partial charge >= 0.3 is 0 Å². The number of aromatic nitrogens is 2. The molecule has 2 amide bonds. The minimum Gasteiger partial charge on any atom is -0.320 e. The molecule has 1 aromatic carbocycles. The molecule has 6 heteroatoms. The quantitative estimate of drug-likeness (QED) is 0.596. The van der Waals surface area contributed by atoms with Gasteiger partial charge in [-0.15, -0.1) is 0 Å². The molecule has 0 spiro atoms. The molecule has 1 fully saturated rings. The number of imide groups is 1. The van der Waals surface area contributed by atoms with Gasteiger partial charge in [-0.1, -0.05) is 11.8 Å². The Morgan fingerprint density at radius 2 is 2.27 bits per heavy atom. The number of nitrogens with zero attached hydrogens (tertiary/aromatic N) is 2. The molecule has 1 atom stereocenters. The molecule has 0 radical (unpaired) electrons. The molecule has 2 heterocycles. The van der Waals surface area contributed by atoms with Crippen LogP contribution in [0.5, 0.6) is 0 Å². The van der Waals surface area contributed by atoms with Crippen LogP contribution in [0.15, 0.2) is 18.3 Å². The third-order valence-corrected chi connectivity index (χ3v) is 3.77. The zero-order valence-electron chi connectivity index (χ0n) is 12.2. The van der Waals surface area contributed by atoms with E-state index in [1.165, 1.54) is 0 Å². The highest BCUT2D eigenvalue weighted by Crippen LogP contribution is 2.25. The molecule has 22 heavy (non-hydrogen) atoms. The second kappa shape index (κ2) is 5.62. The maximum Gasteiger partial charge on any atom is 0.251 e. The predicted molar refractivity (Wildman–Crippen MR) is 81.8 cm³/mol. The van der Waals surface area contributed by atoms with Crippen LogP contribution in [-0.2, 0) is 9.59 Å². The summed E-state index contributed by atoms with van der Waals surface area (Å²) < 4.78 is 1.67. The summed E-state index contributed by atoms with van der Waals surface area (Å²) in [5.41, 5.74) is 8.16. The summed E-state index contributed by atoms with van der Waals surface area (Å²) in [4.78, 5) is 23.3. The van der Waals surface area contributed by atoms with Crippen molar-refractivity contribution in [2.24, 2.45) is 5.73 Å². The van der Waals surface area contributed by atoms with Crippen molar-refractivity contribution >= 4 is 22.7 Å². The average Bonchev–Trinajstić information content (AvgIpc) is 2.87. The van der Waals surface area contributed by atoms with Crippen LogP contribution in [0.4, 0.5) is 0 Å². The van der Waals surface area contributed by atoms with Crippen LogP contribution in [0.1, 0.15) is 30.0 Å². The molecular weight excluding hydrogens is 280 g/mol. The summed E-state index contributed by atoms with van der Waals surface area (Å²) in [7, 11) is 0. The van der Waals surface area contributed by atoms with Gasteiger partial charge in [0.1, 0.15) is 6.04 Å². The van der Waals surface area contributed by atoms with Crippen molar-refractivity contribution in [3.05, 3.63) is 29.5 Å². The average molecular weight is 296 g/mol. The number of hydrogen-bond donors (Lipinski definition) is 2. The van der Waals surface area contributed by atoms with Gasteiger partial charge in [0.2, 0.25) is 5.91 Å². The Bertz CT molecular complexity index is 826. The Morgan fingerprint density at radius 3 is 3.00 bits per heavy atom. The van der Waals surface area contributed by atoms with Crippen LogP contribution >= 0.6 is 0 Å². The zero-order valence-corrected chi connectivity index (χ0v) is 12.2. The molecule has 1 aliphatic rings. The second-order valence-electron chi connectivity index (χ2n) is 5.29. The first-order valence-corrected chi connectivity index (χ1v) is 7.10. The monoisotopic (exact) mass is 296 g/mol. The molecule has 1 unspecified atom stereocenters. The molecule has 2 aromatic rings. The number of nitrogens with two attached hydrogens (primary N) is 1. The van der Waals surface area contributed by atoms with E-state index in [9.17, 15) is 9.59 Å². The van der Waals surface area contributed by atoms with Gasteiger partial charge in [-0.05, 0) is 31.0 Å². The molecule has 1 aliphatic heterocycles. The van der Waals surface area contributed by atoms with Gasteiger partial charge in [0.15, 0.2) is 0 Å². The number of rotatable bonds is 1. The SMILES string of the molecule is Cc1cc2cnn(C3CCC(=O)NC3=O)c2cc1C#CCN. The molecule has 3 rings (SSSR count). The highest BCUT2D eigenvalue weighted by Gasteiger charge is 2.29. The number of carbonyl (C=O) groups excluding carboxylic acids is 2. The van der Waals surface area contributed by atoms with Crippen LogP contribution in [0, 0.1) is 18.8 Å². The minimum atomic E-state index is -0.465. The molecule has 1 aromatic heterocycles. The van der Waals surface area contributed by atoms with Crippen molar-refractivity contribution in [1.29, 1.82) is 0 Å². The minimum absolute atomic E-state index is 0.233. The summed E-state index contributed by atoms with van der Waals surface area (Å²) >= 11 is 0. The third-order valence-electron chi connectivity index (χ3n) is 3.77. The molecule has 1 saturated heterocycles. The summed E-state index contributed by atoms with van der Waals surface area (Å²) in [6.45, 7) is 2.27. The topological polar surface area (TPSA) is 90.0 Å². The number of benzene rings is 1. The Labute approximate surface area is 127 Å². The van der Waals surface area contributed by atoms with Crippen LogP contribution in [0.2, 0.25) is 0 Å². The van der Waals surface area contributed by atoms with Gasteiger partial charge in [-0.25, -0.2) is 0 Å². The number of fused-ring (bicyclic) bond motifs is 1. The van der Waals surface area contributed by atoms with Gasteiger partial charge in [0.05, 0.1) is 18.3 Å². The lowest BCUT2D eigenvalue weighted by molar-refractivity contribution is -0.135. The van der Waals surface area contributed by atoms with Crippen LogP contribution in [0.25, 0.3) is 10.9 Å². The van der Waals surface area contributed by atoms with Crippen LogP contribution in [0.3, 0.4) is 0 Å². The summed E-state index contributed by atoms with van der Waals surface area (Å²) in [6.07, 6.45) is 2.51. The van der Waals surface area contributed by atoms with E-state index in [0.717, 1.165) is 22.0 Å². The van der Waals surface area contributed by atoms with E-state index in [0.29, 0.717) is 19.4 Å². The van der Waals surface area contributed by atoms with Crippen molar-refractivity contribution in [2.45, 2.75) is 25.8 Å². The van der Waals surface area contributed by atoms with Crippen molar-refractivity contribution in [2.75, 3.05) is 6.54 Å². The van der Waals surface area contributed by atoms with Crippen molar-refractivity contribution in [1.82, 2.24) is 15.1 Å². The van der Waals surface area contributed by atoms with E-state index in [2.05, 4.69) is 22.3 Å². The number of nitrogens with one attached hydrogen (secondary N) is 1. The maximum absolute atomic E-state index is 12.0. The number of amides is 2. The number of carbonyl (C=O) groups is 2. The Hall–Kier alpha value is -2.65. The molecule has 112 valence electrons. The first-order chi connectivity index (χ1) is 10.6. The summed E-state index contributed by atoms with van der Waals surface area (Å²) in [5.74, 6) is 5.33. The Balaban J connectivity index is 2.07. The van der Waals surface area contributed by atoms with E-state index in [1.54, 1.807) is 10.9 Å². The fourth-order valence-corrected chi connectivity index (χ4v) is 2.65. The Kier molecular flexibility index (Phi) is 3.65. The van der Waals surface area contributed by atoms with Crippen LogP contribution in [-0.4, -0.2) is 28.1 Å². The number of piperidine rings is 1. The van der Waals surface area contributed by atoms with Gasteiger partial charge in [-0.3, -0.25) is 19.6 Å². The van der Waals surface area contributed by atoms with Crippen LogP contribution < -0.4 is 11.1 Å². The standard InChI is InChI=1S/C16H16N4O2/c1-10-7-12-9-18-20(13-4-5-15(21)19-16(13)22)14(12)8-11(10)3-2-6-17/h7-9,13H,4-6,17H2,1H3,(H,19,21,22). The first-order valence-electron chi connectivity index (χ1n) is 7.10. The third kappa shape index (κ3) is 2.47. The lowest BCUT2D eigenvalue weighted by Crippen LogP contribution is -2.42. The predicted octanol–water partition coefficient (Wildman–Crippen LogP) is 0.633. The normalized spacial score (nSPS) is 18.0. The molecule has 0 bridgehead atoms. The molecular formula is C16H16N4O2. The molecule has 6 nitrogen and oxygen atoms in total. The van der Waals surface area contributed by atoms with Gasteiger partial charge < -0.3 is 5.73 Å². The van der Waals surface area contributed by atoms with Crippen molar-refractivity contribution in [3.63, 3.8) is 0 Å². The smallest absolute Gasteiger partial charge is 0.251 e. The zero-order chi connectivity index (χ0) is 15.7. The highest BCUT2D eigenvalue weighted by atomic mass is 16.2. The van der Waals surface area contributed by atoms with Gasteiger partial charge in [0.25, 0.3) is 5.91 Å². The second-order valence-corrected chi connectivity index (χ2v) is 5.29. The maximum atomic E-state index is 12.0.